The molecule has 8 N–H and O–H groups in total. The van der Waals surface area contributed by atoms with Gasteiger partial charge in [0.25, 0.3) is 0 Å². The Hall–Kier alpha value is -5.28. The summed E-state index contributed by atoms with van der Waals surface area (Å²) in [5.74, 6) is 1.42. The molecule has 0 spiro atoms. The summed E-state index contributed by atoms with van der Waals surface area (Å²) in [5, 5.41) is 49.8. The Morgan fingerprint density at radius 2 is 1.13 bits per heavy atom. The van der Waals surface area contributed by atoms with Crippen LogP contribution in [0.4, 0.5) is 0 Å². The number of fused-ring (bicyclic) bond motifs is 2. The summed E-state index contributed by atoms with van der Waals surface area (Å²) in [5.41, 5.74) is -2.93. The fourth-order valence-electron chi connectivity index (χ4n) is 4.71. The van der Waals surface area contributed by atoms with Crippen molar-refractivity contribution >= 4 is 79.4 Å². The topological polar surface area (TPSA) is 225 Å². The van der Waals surface area contributed by atoms with Gasteiger partial charge in [-0.3, -0.25) is 11.7 Å². The van der Waals surface area contributed by atoms with Crippen LogP contribution in [0, 0.1) is 11.3 Å². The molecule has 0 aromatic heterocycles. The summed E-state index contributed by atoms with van der Waals surface area (Å²) in [6.07, 6.45) is 1.18. The number of hydrogen-bond acceptors (Lipinski definition) is 7. The lowest BCUT2D eigenvalue weighted by molar-refractivity contribution is 0.0635. The third kappa shape index (κ3) is 4.74. The van der Waals surface area contributed by atoms with E-state index < -0.39 is 46.1 Å². The highest BCUT2D eigenvalue weighted by Crippen LogP contribution is 2.45. The zero-order valence-corrected chi connectivity index (χ0v) is 20.7. The lowest BCUT2D eigenvalue weighted by atomic mass is 9.81. The fourth-order valence-corrected chi connectivity index (χ4v) is 4.71. The first-order chi connectivity index (χ1) is 18.1. The molecule has 5 aromatic carbocycles. The van der Waals surface area contributed by atoms with Crippen LogP contribution in [-0.4, -0.2) is 44.3 Å². The van der Waals surface area contributed by atoms with E-state index in [9.17, 15) is 39.6 Å². The van der Waals surface area contributed by atoms with E-state index in [-0.39, 0.29) is 28.6 Å². The molecule has 5 aromatic rings. The molecule has 0 heterocycles. The van der Waals surface area contributed by atoms with Crippen LogP contribution in [0.1, 0.15) is 41.4 Å². The van der Waals surface area contributed by atoms with Gasteiger partial charge in [-0.15, -0.1) is 12.4 Å². The number of halogens is 1. The van der Waals surface area contributed by atoms with Gasteiger partial charge in [-0.1, -0.05) is 49.0 Å². The van der Waals surface area contributed by atoms with Crippen molar-refractivity contribution in [1.29, 1.82) is 5.26 Å². The number of nitriles is 1. The molecule has 0 saturated carbocycles. The van der Waals surface area contributed by atoms with Crippen molar-refractivity contribution in [3.05, 3.63) is 83.4 Å². The maximum atomic E-state index is 12.3. The minimum Gasteiger partial charge on any atom is -0.478 e. The van der Waals surface area contributed by atoms with Crippen molar-refractivity contribution in [2.45, 2.75) is 0 Å². The first-order valence-corrected chi connectivity index (χ1v) is 10.6. The number of benzene rings is 5. The Bertz CT molecular complexity index is 1840. The van der Waals surface area contributed by atoms with Crippen LogP contribution >= 0.6 is 12.4 Å². The number of rotatable bonds is 4. The summed E-state index contributed by atoms with van der Waals surface area (Å²) in [7, 11) is 0. The molecule has 0 amide bonds. The second-order valence-corrected chi connectivity index (χ2v) is 7.67. The Kier molecular flexibility index (Phi) is 9.10. The first kappa shape index (κ1) is 29.9. The van der Waals surface area contributed by atoms with Gasteiger partial charge in [0.1, 0.15) is 0 Å². The monoisotopic (exact) mass is 549 g/mol. The Morgan fingerprint density at radius 1 is 0.667 bits per heavy atom. The molecular weight excluding hydrogens is 530 g/mol. The molecule has 11 nitrogen and oxygen atoms in total. The average molecular weight is 550 g/mol. The van der Waals surface area contributed by atoms with E-state index in [1.54, 1.807) is 30.3 Å². The van der Waals surface area contributed by atoms with Crippen molar-refractivity contribution in [3.8, 4) is 6.07 Å². The van der Waals surface area contributed by atoms with E-state index in [1.165, 1.54) is 18.2 Å². The Balaban J connectivity index is 0.000000701. The molecule has 0 aliphatic heterocycles. The van der Waals surface area contributed by atoms with Crippen LogP contribution in [-0.2, 0) is 0 Å². The van der Waals surface area contributed by atoms with Crippen molar-refractivity contribution in [2.24, 2.45) is 11.7 Å². The third-order valence-corrected chi connectivity index (χ3v) is 5.88. The van der Waals surface area contributed by atoms with Gasteiger partial charge >= 0.3 is 23.9 Å². The number of carbonyl (C=O) groups is 4. The maximum absolute atomic E-state index is 12.3. The molecule has 198 valence electrons. The summed E-state index contributed by atoms with van der Waals surface area (Å²) < 4.78 is 0. The van der Waals surface area contributed by atoms with Crippen molar-refractivity contribution in [3.63, 3.8) is 0 Å². The summed E-state index contributed by atoms with van der Waals surface area (Å²) >= 11 is 0. The normalized spacial score (nSPS) is 9.97. The number of aromatic carboxylic acids is 4. The number of allylic oxidation sites excluding steroid dienone is 1. The van der Waals surface area contributed by atoms with Gasteiger partial charge in [0, 0.05) is 22.2 Å². The van der Waals surface area contributed by atoms with E-state index in [4.69, 9.17) is 5.26 Å². The minimum atomic E-state index is -1.77. The van der Waals surface area contributed by atoms with Gasteiger partial charge in [-0.05, 0) is 33.0 Å². The lowest BCUT2D eigenvalue weighted by Crippen LogP contribution is -2.18. The van der Waals surface area contributed by atoms with Crippen molar-refractivity contribution < 1.29 is 39.6 Å². The molecule has 12 heteroatoms. The molecule has 0 fully saturated rings. The molecule has 5 rings (SSSR count). The molecule has 0 saturated heterocycles. The fraction of sp³-hybridized carbons (Fsp3) is 0. The van der Waals surface area contributed by atoms with Crippen molar-refractivity contribution in [1.82, 2.24) is 0 Å². The van der Waals surface area contributed by atoms with Crippen LogP contribution in [0.2, 0.25) is 0 Å². The predicted octanol–water partition coefficient (Wildman–Crippen LogP) is 4.47. The lowest BCUT2D eigenvalue weighted by Gasteiger charge is -2.20. The summed E-state index contributed by atoms with van der Waals surface area (Å²) in [6, 6.07) is 14.9. The molecule has 0 radical (unpaired) electrons. The first-order valence-electron chi connectivity index (χ1n) is 10.6. The summed E-state index contributed by atoms with van der Waals surface area (Å²) in [4.78, 5) is 48.7. The smallest absolute Gasteiger partial charge is 0.337 e. The molecule has 0 unspecified atom stereocenters. The van der Waals surface area contributed by atoms with Crippen LogP contribution in [0.25, 0.3) is 43.1 Å². The van der Waals surface area contributed by atoms with Crippen LogP contribution in [0.3, 0.4) is 0 Å². The number of nitrogens with two attached hydrogens (primary N) is 2. The molecule has 39 heavy (non-hydrogen) atoms. The van der Waals surface area contributed by atoms with Crippen LogP contribution in [0.15, 0.2) is 61.2 Å². The zero-order valence-electron chi connectivity index (χ0n) is 19.8. The standard InChI is InChI=1S/C24H12O8.C3H3N.ClH.H4N2/c25-21(26)13-8-7-11-10-5-1-3-9-4-2-6-12(14(9)10)16-15(11)17(13)19(23(29)30)20(24(31)32)18(16)22(27)28;1-2-3-4;;1-2/h1-8H,(H,25,26)(H,27,28)(H,29,30)(H,31,32);2H,1H2;1H;1-2H2. The predicted molar refractivity (Wildman–Crippen MR) is 147 cm³/mol. The highest BCUT2D eigenvalue weighted by molar-refractivity contribution is 6.40. The quantitative estimate of drug-likeness (QED) is 0.0602. The summed E-state index contributed by atoms with van der Waals surface area (Å²) in [6.45, 7) is 3.12. The molecule has 0 atom stereocenters. The number of hydrogen-bond donors (Lipinski definition) is 6. The second kappa shape index (κ2) is 11.8. The molecule has 0 aliphatic rings. The number of hydrazine groups is 1. The second-order valence-electron chi connectivity index (χ2n) is 7.67. The molecule has 0 bridgehead atoms. The molecular formula is C27H20ClN3O8. The van der Waals surface area contributed by atoms with Gasteiger partial charge in [-0.2, -0.15) is 5.26 Å². The largest absolute Gasteiger partial charge is 0.478 e. The number of nitrogens with zero attached hydrogens (tertiary/aromatic N) is 1. The number of carboxylic acid groups (broad SMARTS) is 4. The van der Waals surface area contributed by atoms with E-state index >= 15 is 0 Å². The average Bonchev–Trinajstić information content (AvgIpc) is 2.91. The Morgan fingerprint density at radius 3 is 1.59 bits per heavy atom. The third-order valence-electron chi connectivity index (χ3n) is 5.88. The van der Waals surface area contributed by atoms with E-state index in [1.807, 2.05) is 12.1 Å². The Labute approximate surface area is 225 Å². The SMILES string of the molecule is C=CC#N.Cl.NN.O=C(O)c1c(C(=O)O)c2c(C(=O)O)ccc3c4cccc5cccc(c(c1C(=O)O)c23)c54. The van der Waals surface area contributed by atoms with E-state index in [2.05, 4.69) is 18.3 Å². The minimum absolute atomic E-state index is 0. The van der Waals surface area contributed by atoms with Crippen LogP contribution < -0.4 is 11.7 Å². The van der Waals surface area contributed by atoms with E-state index in [0.717, 1.165) is 5.39 Å². The highest BCUT2D eigenvalue weighted by atomic mass is 35.5. The van der Waals surface area contributed by atoms with Gasteiger partial charge < -0.3 is 20.4 Å². The van der Waals surface area contributed by atoms with Crippen LogP contribution in [0.5, 0.6) is 0 Å². The zero-order chi connectivity index (χ0) is 28.3. The molecule has 0 aliphatic carbocycles. The maximum Gasteiger partial charge on any atom is 0.337 e. The van der Waals surface area contributed by atoms with Gasteiger partial charge in [0.2, 0.25) is 0 Å². The highest BCUT2D eigenvalue weighted by Gasteiger charge is 2.33. The van der Waals surface area contributed by atoms with Gasteiger partial charge in [-0.25, -0.2) is 19.2 Å². The van der Waals surface area contributed by atoms with Gasteiger partial charge in [0.15, 0.2) is 0 Å². The van der Waals surface area contributed by atoms with Crippen molar-refractivity contribution in [2.75, 3.05) is 0 Å². The van der Waals surface area contributed by atoms with E-state index in [0.29, 0.717) is 21.5 Å². The van der Waals surface area contributed by atoms with Gasteiger partial charge in [0.05, 0.1) is 28.3 Å². The number of carboxylic acids is 4.